The van der Waals surface area contributed by atoms with Crippen molar-refractivity contribution in [1.82, 2.24) is 4.72 Å². The Bertz CT molecular complexity index is 1320. The van der Waals surface area contributed by atoms with E-state index in [2.05, 4.69) is 16.0 Å². The summed E-state index contributed by atoms with van der Waals surface area (Å²) in [4.78, 5) is 12.4. The Morgan fingerprint density at radius 3 is 2.23 bits per heavy atom. The SMILES string of the molecule is C=CCc1c(C)c(-c2ccc(C)cc2)c(CC(=O)OC)c(C)c1NS(=O)(=O)NCc1ccccc1. The van der Waals surface area contributed by atoms with E-state index in [1.54, 1.807) is 6.08 Å². The highest BCUT2D eigenvalue weighted by Gasteiger charge is 2.24. The van der Waals surface area contributed by atoms with Gasteiger partial charge in [0.05, 0.1) is 19.2 Å². The molecule has 0 radical (unpaired) electrons. The van der Waals surface area contributed by atoms with Crippen molar-refractivity contribution in [2.24, 2.45) is 0 Å². The minimum Gasteiger partial charge on any atom is -0.469 e. The Morgan fingerprint density at radius 2 is 1.63 bits per heavy atom. The van der Waals surface area contributed by atoms with E-state index >= 15 is 0 Å². The molecule has 7 heteroatoms. The van der Waals surface area contributed by atoms with Crippen LogP contribution in [-0.4, -0.2) is 21.5 Å². The Kier molecular flexibility index (Phi) is 8.48. The molecule has 0 heterocycles. The van der Waals surface area contributed by atoms with E-state index in [4.69, 9.17) is 4.74 Å². The van der Waals surface area contributed by atoms with Crippen LogP contribution in [0.5, 0.6) is 0 Å². The molecule has 0 aliphatic rings. The number of aryl methyl sites for hydroxylation is 1. The van der Waals surface area contributed by atoms with Gasteiger partial charge in [0.15, 0.2) is 0 Å². The predicted molar refractivity (Wildman–Crippen MR) is 142 cm³/mol. The van der Waals surface area contributed by atoms with Gasteiger partial charge in [-0.1, -0.05) is 66.2 Å². The average Bonchev–Trinajstić information content (AvgIpc) is 2.85. The molecular weight excluding hydrogens is 460 g/mol. The number of methoxy groups -OCH3 is 1. The molecular formula is C28H32N2O4S. The van der Waals surface area contributed by atoms with Gasteiger partial charge >= 0.3 is 5.97 Å². The number of esters is 1. The number of allylic oxidation sites excluding steroid dienone is 1. The molecule has 0 aromatic heterocycles. The summed E-state index contributed by atoms with van der Waals surface area (Å²) in [7, 11) is -2.55. The second-order valence-corrected chi connectivity index (χ2v) is 9.98. The molecule has 2 N–H and O–H groups in total. The first-order valence-corrected chi connectivity index (χ1v) is 12.9. The van der Waals surface area contributed by atoms with Gasteiger partial charge in [0, 0.05) is 6.54 Å². The number of nitrogens with one attached hydrogen (secondary N) is 2. The summed E-state index contributed by atoms with van der Waals surface area (Å²) in [5.41, 5.74) is 7.40. The van der Waals surface area contributed by atoms with Crippen LogP contribution >= 0.6 is 0 Å². The van der Waals surface area contributed by atoms with Crippen molar-refractivity contribution in [2.75, 3.05) is 11.8 Å². The fraction of sp³-hybridized carbons (Fsp3) is 0.250. The molecule has 0 fully saturated rings. The third-order valence-corrected chi connectivity index (χ3v) is 7.04. The van der Waals surface area contributed by atoms with E-state index in [1.165, 1.54) is 7.11 Å². The quantitative estimate of drug-likeness (QED) is 0.302. The Balaban J connectivity index is 2.13. The maximum absolute atomic E-state index is 13.0. The summed E-state index contributed by atoms with van der Waals surface area (Å²) < 4.78 is 36.4. The molecule has 184 valence electrons. The van der Waals surface area contributed by atoms with Gasteiger partial charge in [-0.25, -0.2) is 0 Å². The summed E-state index contributed by atoms with van der Waals surface area (Å²) in [6.45, 7) is 9.82. The van der Waals surface area contributed by atoms with Crippen molar-refractivity contribution in [1.29, 1.82) is 0 Å². The summed E-state index contributed by atoms with van der Waals surface area (Å²) in [6.07, 6.45) is 2.23. The number of carbonyl (C=O) groups excluding carboxylic acids is 1. The van der Waals surface area contributed by atoms with Crippen LogP contribution in [0, 0.1) is 20.8 Å². The van der Waals surface area contributed by atoms with Crippen molar-refractivity contribution >= 4 is 21.9 Å². The molecule has 6 nitrogen and oxygen atoms in total. The molecule has 0 aliphatic carbocycles. The topological polar surface area (TPSA) is 84.5 Å². The molecule has 0 saturated heterocycles. The van der Waals surface area contributed by atoms with Crippen LogP contribution in [0.3, 0.4) is 0 Å². The summed E-state index contributed by atoms with van der Waals surface area (Å²) in [6, 6.07) is 17.4. The first-order chi connectivity index (χ1) is 16.7. The molecule has 0 aliphatic heterocycles. The first kappa shape index (κ1) is 26.2. The normalized spacial score (nSPS) is 11.2. The van der Waals surface area contributed by atoms with Crippen LogP contribution < -0.4 is 9.44 Å². The molecule has 0 saturated carbocycles. The van der Waals surface area contributed by atoms with E-state index in [-0.39, 0.29) is 13.0 Å². The molecule has 35 heavy (non-hydrogen) atoms. The van der Waals surface area contributed by atoms with Crippen molar-refractivity contribution in [3.05, 3.63) is 101 Å². The van der Waals surface area contributed by atoms with E-state index < -0.39 is 16.2 Å². The number of rotatable bonds is 10. The Hall–Kier alpha value is -3.42. The van der Waals surface area contributed by atoms with Crippen LogP contribution in [0.2, 0.25) is 0 Å². The van der Waals surface area contributed by atoms with Gasteiger partial charge in [-0.15, -0.1) is 6.58 Å². The molecule has 3 rings (SSSR count). The van der Waals surface area contributed by atoms with Crippen LogP contribution in [0.25, 0.3) is 11.1 Å². The van der Waals surface area contributed by atoms with Gasteiger partial charge in [-0.05, 0) is 66.1 Å². The summed E-state index contributed by atoms with van der Waals surface area (Å²) in [5, 5.41) is 0. The third-order valence-electron chi connectivity index (χ3n) is 6.04. The van der Waals surface area contributed by atoms with E-state index in [9.17, 15) is 13.2 Å². The second kappa shape index (κ2) is 11.3. The van der Waals surface area contributed by atoms with Gasteiger partial charge in [0.25, 0.3) is 10.2 Å². The number of ether oxygens (including phenoxy) is 1. The molecule has 0 amide bonds. The maximum atomic E-state index is 13.0. The van der Waals surface area contributed by atoms with Crippen LogP contribution in [0.1, 0.15) is 33.4 Å². The summed E-state index contributed by atoms with van der Waals surface area (Å²) in [5.74, 6) is -0.395. The molecule has 3 aromatic carbocycles. The summed E-state index contributed by atoms with van der Waals surface area (Å²) >= 11 is 0. The van der Waals surface area contributed by atoms with Crippen LogP contribution in [0.4, 0.5) is 5.69 Å². The highest BCUT2D eigenvalue weighted by atomic mass is 32.2. The zero-order chi connectivity index (χ0) is 25.6. The zero-order valence-electron chi connectivity index (χ0n) is 20.6. The van der Waals surface area contributed by atoms with Gasteiger partial charge < -0.3 is 4.74 Å². The number of hydrogen-bond acceptors (Lipinski definition) is 4. The Labute approximate surface area is 208 Å². The Morgan fingerprint density at radius 1 is 0.971 bits per heavy atom. The monoisotopic (exact) mass is 492 g/mol. The lowest BCUT2D eigenvalue weighted by Gasteiger charge is -2.24. The number of hydrogen-bond donors (Lipinski definition) is 2. The predicted octanol–water partition coefficient (Wildman–Crippen LogP) is 5.17. The molecule has 3 aromatic rings. The molecule has 0 atom stereocenters. The van der Waals surface area contributed by atoms with Gasteiger partial charge in [0.2, 0.25) is 0 Å². The lowest BCUT2D eigenvalue weighted by molar-refractivity contribution is -0.139. The number of carbonyl (C=O) groups is 1. The van der Waals surface area contributed by atoms with Crippen molar-refractivity contribution in [3.63, 3.8) is 0 Å². The van der Waals surface area contributed by atoms with Gasteiger partial charge in [-0.3, -0.25) is 9.52 Å². The van der Waals surface area contributed by atoms with Crippen molar-refractivity contribution in [2.45, 2.75) is 40.2 Å². The highest BCUT2D eigenvalue weighted by Crippen LogP contribution is 2.39. The fourth-order valence-electron chi connectivity index (χ4n) is 4.16. The molecule has 0 spiro atoms. The fourth-order valence-corrected chi connectivity index (χ4v) is 5.13. The third kappa shape index (κ3) is 6.38. The van der Waals surface area contributed by atoms with E-state index in [0.717, 1.165) is 38.9 Å². The van der Waals surface area contributed by atoms with Gasteiger partial charge in [-0.2, -0.15) is 13.1 Å². The smallest absolute Gasteiger partial charge is 0.310 e. The van der Waals surface area contributed by atoms with E-state index in [1.807, 2.05) is 75.4 Å². The van der Waals surface area contributed by atoms with Crippen molar-refractivity contribution < 1.29 is 17.9 Å². The zero-order valence-corrected chi connectivity index (χ0v) is 21.5. The van der Waals surface area contributed by atoms with Crippen molar-refractivity contribution in [3.8, 4) is 11.1 Å². The maximum Gasteiger partial charge on any atom is 0.310 e. The standard InChI is InChI=1S/C28H32N2O4S/c1-6-10-24-20(3)27(23-15-13-19(2)14-16-23)25(17-26(31)34-5)21(4)28(24)30-35(32,33)29-18-22-11-8-7-9-12-22/h6-9,11-16,29-30H,1,10,17-18H2,2-5H3. The lowest BCUT2D eigenvalue weighted by Crippen LogP contribution is -2.30. The number of benzene rings is 3. The minimum atomic E-state index is -3.90. The lowest BCUT2D eigenvalue weighted by atomic mass is 9.84. The first-order valence-electron chi connectivity index (χ1n) is 11.4. The van der Waals surface area contributed by atoms with Gasteiger partial charge in [0.1, 0.15) is 0 Å². The highest BCUT2D eigenvalue weighted by molar-refractivity contribution is 7.90. The van der Waals surface area contributed by atoms with Crippen LogP contribution in [0.15, 0.2) is 67.3 Å². The number of anilines is 1. The largest absolute Gasteiger partial charge is 0.469 e. The molecule has 0 bridgehead atoms. The van der Waals surface area contributed by atoms with Crippen LogP contribution in [-0.2, 0) is 39.1 Å². The van der Waals surface area contributed by atoms with E-state index in [0.29, 0.717) is 17.7 Å². The average molecular weight is 493 g/mol. The second-order valence-electron chi connectivity index (χ2n) is 8.48. The minimum absolute atomic E-state index is 0.0208. The molecule has 0 unspecified atom stereocenters.